The number of nitrogens with zero attached hydrogens (tertiary/aromatic N) is 1. The third-order valence-electron chi connectivity index (χ3n) is 3.79. The molecular weight excluding hydrogens is 318 g/mol. The highest BCUT2D eigenvalue weighted by molar-refractivity contribution is 9.10. The topological polar surface area (TPSA) is 29.5 Å². The number of methoxy groups -OCH3 is 1. The van der Waals surface area contributed by atoms with Crippen molar-refractivity contribution in [3.05, 3.63) is 21.7 Å². The molecule has 0 amide bonds. The lowest BCUT2D eigenvalue weighted by Gasteiger charge is -2.35. The monoisotopic (exact) mass is 339 g/mol. The summed E-state index contributed by atoms with van der Waals surface area (Å²) in [6, 6.07) is 2.77. The number of carbonyl (C=O) groups excluding carboxylic acids is 1. The summed E-state index contributed by atoms with van der Waals surface area (Å²) in [6.45, 7) is 8.62. The van der Waals surface area contributed by atoms with Gasteiger partial charge in [-0.3, -0.25) is 4.79 Å². The minimum absolute atomic E-state index is 0.187. The molecule has 0 saturated heterocycles. The van der Waals surface area contributed by atoms with Crippen molar-refractivity contribution in [1.82, 2.24) is 0 Å². The van der Waals surface area contributed by atoms with Crippen molar-refractivity contribution in [2.75, 3.05) is 12.0 Å². The zero-order valence-corrected chi connectivity index (χ0v) is 14.4. The molecule has 3 nitrogen and oxygen atoms in total. The molecule has 0 fully saturated rings. The number of rotatable bonds is 4. The van der Waals surface area contributed by atoms with Gasteiger partial charge in [0.2, 0.25) is 0 Å². The summed E-state index contributed by atoms with van der Waals surface area (Å²) >= 11 is 3.62. The molecule has 1 aliphatic carbocycles. The highest BCUT2D eigenvalue weighted by Gasteiger charge is 2.31. The van der Waals surface area contributed by atoms with E-state index >= 15 is 0 Å². The van der Waals surface area contributed by atoms with E-state index in [2.05, 4.69) is 54.6 Å². The minimum Gasteiger partial charge on any atom is -0.494 e. The van der Waals surface area contributed by atoms with Gasteiger partial charge in [-0.1, -0.05) is 15.9 Å². The van der Waals surface area contributed by atoms with Crippen LogP contribution in [0.3, 0.4) is 0 Å². The van der Waals surface area contributed by atoms with Gasteiger partial charge in [0.1, 0.15) is 0 Å². The van der Waals surface area contributed by atoms with Crippen LogP contribution < -0.4 is 9.64 Å². The molecule has 1 aromatic carbocycles. The summed E-state index contributed by atoms with van der Waals surface area (Å²) in [7, 11) is 1.65. The van der Waals surface area contributed by atoms with Crippen molar-refractivity contribution >= 4 is 27.4 Å². The summed E-state index contributed by atoms with van der Waals surface area (Å²) in [5.74, 6) is 0.917. The first-order valence-electron chi connectivity index (χ1n) is 7.09. The summed E-state index contributed by atoms with van der Waals surface area (Å²) < 4.78 is 6.63. The van der Waals surface area contributed by atoms with Crippen LogP contribution in [0.2, 0.25) is 0 Å². The molecule has 0 aromatic heterocycles. The smallest absolute Gasteiger partial charge is 0.167 e. The van der Waals surface area contributed by atoms with Crippen LogP contribution >= 0.6 is 15.9 Å². The van der Waals surface area contributed by atoms with Gasteiger partial charge in [0, 0.05) is 23.0 Å². The highest BCUT2D eigenvalue weighted by Crippen LogP contribution is 2.43. The fourth-order valence-corrected chi connectivity index (χ4v) is 3.72. The van der Waals surface area contributed by atoms with Gasteiger partial charge in [0.05, 0.1) is 18.4 Å². The van der Waals surface area contributed by atoms with E-state index in [1.807, 2.05) is 0 Å². The average Bonchev–Trinajstić information content (AvgIpc) is 2.72. The molecular formula is C16H22BrNO2. The van der Waals surface area contributed by atoms with Crippen molar-refractivity contribution in [1.29, 1.82) is 0 Å². The molecule has 0 spiro atoms. The van der Waals surface area contributed by atoms with Crippen LogP contribution in [0.5, 0.6) is 5.75 Å². The van der Waals surface area contributed by atoms with Crippen LogP contribution in [0.25, 0.3) is 0 Å². The summed E-state index contributed by atoms with van der Waals surface area (Å²) in [5, 5.41) is 0. The predicted molar refractivity (Wildman–Crippen MR) is 86.1 cm³/mol. The molecule has 0 atom stereocenters. The van der Waals surface area contributed by atoms with Gasteiger partial charge in [-0.15, -0.1) is 0 Å². The number of Topliss-reactive ketones (excluding diaryl/α,β-unsaturated/α-hetero) is 1. The van der Waals surface area contributed by atoms with E-state index in [-0.39, 0.29) is 5.78 Å². The lowest BCUT2D eigenvalue weighted by atomic mass is 10.0. The largest absolute Gasteiger partial charge is 0.494 e. The molecule has 0 aliphatic heterocycles. The second-order valence-corrected chi connectivity index (χ2v) is 6.64. The van der Waals surface area contributed by atoms with Gasteiger partial charge < -0.3 is 9.64 Å². The Balaban J connectivity index is 2.68. The lowest BCUT2D eigenvalue weighted by Crippen LogP contribution is -2.37. The van der Waals surface area contributed by atoms with Crippen molar-refractivity contribution in [2.24, 2.45) is 0 Å². The number of carbonyl (C=O) groups is 1. The maximum atomic E-state index is 12.2. The van der Waals surface area contributed by atoms with E-state index in [4.69, 9.17) is 4.74 Å². The minimum atomic E-state index is 0.187. The van der Waals surface area contributed by atoms with Crippen LogP contribution in [-0.2, 0) is 6.42 Å². The fraction of sp³-hybridized carbons (Fsp3) is 0.562. The van der Waals surface area contributed by atoms with Crippen LogP contribution in [0, 0.1) is 0 Å². The number of benzene rings is 1. The second-order valence-electron chi connectivity index (χ2n) is 5.78. The lowest BCUT2D eigenvalue weighted by molar-refractivity contribution is 0.0992. The van der Waals surface area contributed by atoms with E-state index in [9.17, 15) is 4.79 Å². The van der Waals surface area contributed by atoms with Gasteiger partial charge >= 0.3 is 0 Å². The van der Waals surface area contributed by atoms with Gasteiger partial charge in [0.25, 0.3) is 0 Å². The molecule has 1 aromatic rings. The van der Waals surface area contributed by atoms with Gasteiger partial charge in [-0.25, -0.2) is 0 Å². The normalized spacial score (nSPS) is 14.1. The third-order valence-corrected chi connectivity index (χ3v) is 4.50. The van der Waals surface area contributed by atoms with Gasteiger partial charge in [-0.05, 0) is 45.7 Å². The Kier molecular flexibility index (Phi) is 4.43. The van der Waals surface area contributed by atoms with Crippen molar-refractivity contribution in [3.8, 4) is 5.75 Å². The first-order valence-corrected chi connectivity index (χ1v) is 7.88. The number of anilines is 1. The third kappa shape index (κ3) is 2.46. The summed E-state index contributed by atoms with van der Waals surface area (Å²) in [5.41, 5.74) is 2.85. The summed E-state index contributed by atoms with van der Waals surface area (Å²) in [4.78, 5) is 14.5. The molecule has 20 heavy (non-hydrogen) atoms. The second kappa shape index (κ2) is 5.76. The maximum Gasteiger partial charge on any atom is 0.167 e. The van der Waals surface area contributed by atoms with E-state index in [0.29, 0.717) is 18.5 Å². The van der Waals surface area contributed by atoms with E-state index < -0.39 is 0 Å². The average molecular weight is 340 g/mol. The Morgan fingerprint density at radius 2 is 1.80 bits per heavy atom. The van der Waals surface area contributed by atoms with Crippen LogP contribution in [0.4, 0.5) is 5.69 Å². The highest BCUT2D eigenvalue weighted by atomic mass is 79.9. The van der Waals surface area contributed by atoms with Gasteiger partial charge in [-0.2, -0.15) is 0 Å². The van der Waals surface area contributed by atoms with Crippen molar-refractivity contribution < 1.29 is 9.53 Å². The van der Waals surface area contributed by atoms with Crippen LogP contribution in [-0.4, -0.2) is 25.0 Å². The first-order chi connectivity index (χ1) is 9.38. The Labute approximate surface area is 129 Å². The molecule has 4 heteroatoms. The molecule has 0 heterocycles. The fourth-order valence-electron chi connectivity index (χ4n) is 3.11. The van der Waals surface area contributed by atoms with Crippen LogP contribution in [0.15, 0.2) is 10.5 Å². The van der Waals surface area contributed by atoms with Gasteiger partial charge in [0.15, 0.2) is 11.5 Å². The predicted octanol–water partition coefficient (Wildman–Crippen LogP) is 4.21. The Morgan fingerprint density at radius 3 is 2.30 bits per heavy atom. The van der Waals surface area contributed by atoms with E-state index in [0.717, 1.165) is 33.5 Å². The molecule has 2 rings (SSSR count). The maximum absolute atomic E-state index is 12.2. The zero-order valence-electron chi connectivity index (χ0n) is 12.8. The van der Waals surface area contributed by atoms with Crippen molar-refractivity contribution in [2.45, 2.75) is 52.6 Å². The number of ketones is 1. The number of hydrogen-bond donors (Lipinski definition) is 0. The molecule has 110 valence electrons. The SMILES string of the molecule is COc1c(N(C(C)C)C(C)C)cc(Br)c2c1C(=O)CC2. The molecule has 1 aliphatic rings. The molecule has 0 radical (unpaired) electrons. The molecule has 0 N–H and O–H groups in total. The Morgan fingerprint density at radius 1 is 1.20 bits per heavy atom. The van der Waals surface area contributed by atoms with E-state index in [1.165, 1.54) is 0 Å². The molecule has 0 saturated carbocycles. The number of halogens is 1. The Hall–Kier alpha value is -1.03. The summed E-state index contributed by atoms with van der Waals surface area (Å²) in [6.07, 6.45) is 1.38. The number of hydrogen-bond acceptors (Lipinski definition) is 3. The molecule has 0 bridgehead atoms. The van der Waals surface area contributed by atoms with E-state index in [1.54, 1.807) is 7.11 Å². The quantitative estimate of drug-likeness (QED) is 0.822. The van der Waals surface area contributed by atoms with Crippen LogP contribution in [0.1, 0.15) is 50.0 Å². The number of fused-ring (bicyclic) bond motifs is 1. The molecule has 0 unspecified atom stereocenters. The zero-order chi connectivity index (χ0) is 15.0. The Bertz CT molecular complexity index is 530. The number of ether oxygens (including phenoxy) is 1. The van der Waals surface area contributed by atoms with Crippen molar-refractivity contribution in [3.63, 3.8) is 0 Å². The first kappa shape index (κ1) is 15.4. The standard InChI is InChI=1S/C16H22BrNO2/c1-9(2)18(10(3)4)13-8-12(17)11-6-7-14(19)15(11)16(13)20-5/h8-10H,6-7H2,1-5H3.